The monoisotopic (exact) mass is 347 g/mol. The highest BCUT2D eigenvalue weighted by molar-refractivity contribution is 7.89. The standard InChI is InChI=1S/C16H21N5O2S/c1-3-24(22,23)21-9-7-13(11-21)14-10-16(19-12(2)18-14)20-15-6-4-5-8-17-15/h4-6,8,10,13H,3,7,9,11H2,1-2H3,(H,17,18,19,20). The van der Waals surface area contributed by atoms with Gasteiger partial charge in [0, 0.05) is 31.3 Å². The number of hydrogen-bond acceptors (Lipinski definition) is 6. The summed E-state index contributed by atoms with van der Waals surface area (Å²) in [6.45, 7) is 4.54. The van der Waals surface area contributed by atoms with Gasteiger partial charge in [0.05, 0.1) is 11.4 Å². The Balaban J connectivity index is 1.80. The van der Waals surface area contributed by atoms with Gasteiger partial charge >= 0.3 is 0 Å². The summed E-state index contributed by atoms with van der Waals surface area (Å²) in [6, 6.07) is 7.49. The van der Waals surface area contributed by atoms with Crippen molar-refractivity contribution >= 4 is 21.7 Å². The molecule has 1 fully saturated rings. The van der Waals surface area contributed by atoms with E-state index in [9.17, 15) is 8.42 Å². The second-order valence-corrected chi connectivity index (χ2v) is 8.07. The number of hydrogen-bond donors (Lipinski definition) is 1. The Hall–Kier alpha value is -2.06. The van der Waals surface area contributed by atoms with Crippen LogP contribution in [-0.2, 0) is 10.0 Å². The predicted octanol–water partition coefficient (Wildman–Crippen LogP) is 2.06. The van der Waals surface area contributed by atoms with Crippen LogP contribution in [0.15, 0.2) is 30.5 Å². The van der Waals surface area contributed by atoms with Crippen molar-refractivity contribution in [2.75, 3.05) is 24.2 Å². The summed E-state index contributed by atoms with van der Waals surface area (Å²) in [4.78, 5) is 13.1. The van der Waals surface area contributed by atoms with Crippen LogP contribution in [0.1, 0.15) is 30.8 Å². The maximum atomic E-state index is 12.0. The molecule has 8 heteroatoms. The lowest BCUT2D eigenvalue weighted by atomic mass is 10.0. The molecule has 1 N–H and O–H groups in total. The lowest BCUT2D eigenvalue weighted by Gasteiger charge is -2.15. The van der Waals surface area contributed by atoms with E-state index < -0.39 is 10.0 Å². The lowest BCUT2D eigenvalue weighted by molar-refractivity contribution is 0.473. The molecule has 0 amide bonds. The average molecular weight is 347 g/mol. The highest BCUT2D eigenvalue weighted by atomic mass is 32.2. The molecule has 0 aromatic carbocycles. The van der Waals surface area contributed by atoms with Gasteiger partial charge in [-0.2, -0.15) is 0 Å². The smallest absolute Gasteiger partial charge is 0.213 e. The zero-order valence-electron chi connectivity index (χ0n) is 13.8. The van der Waals surface area contributed by atoms with Crippen LogP contribution in [0.5, 0.6) is 0 Å². The van der Waals surface area contributed by atoms with Crippen LogP contribution in [0.4, 0.5) is 11.6 Å². The van der Waals surface area contributed by atoms with Crippen LogP contribution < -0.4 is 5.32 Å². The van der Waals surface area contributed by atoms with Gasteiger partial charge in [0.25, 0.3) is 0 Å². The van der Waals surface area contributed by atoms with E-state index in [-0.39, 0.29) is 11.7 Å². The molecular formula is C16H21N5O2S. The first-order chi connectivity index (χ1) is 11.5. The van der Waals surface area contributed by atoms with Crippen LogP contribution in [-0.4, -0.2) is 46.5 Å². The number of nitrogens with zero attached hydrogens (tertiary/aromatic N) is 4. The molecule has 0 saturated carbocycles. The summed E-state index contributed by atoms with van der Waals surface area (Å²) >= 11 is 0. The van der Waals surface area contributed by atoms with E-state index in [1.54, 1.807) is 17.4 Å². The van der Waals surface area contributed by atoms with Gasteiger partial charge in [-0.25, -0.2) is 27.7 Å². The van der Waals surface area contributed by atoms with Crippen molar-refractivity contribution in [3.05, 3.63) is 42.0 Å². The Labute approximate surface area is 142 Å². The quantitative estimate of drug-likeness (QED) is 0.891. The fourth-order valence-electron chi connectivity index (χ4n) is 2.84. The van der Waals surface area contributed by atoms with E-state index in [4.69, 9.17) is 0 Å². The maximum absolute atomic E-state index is 12.0. The first-order valence-corrected chi connectivity index (χ1v) is 9.60. The van der Waals surface area contributed by atoms with Gasteiger partial charge in [-0.1, -0.05) is 6.07 Å². The highest BCUT2D eigenvalue weighted by Crippen LogP contribution is 2.29. The van der Waals surface area contributed by atoms with E-state index in [0.29, 0.717) is 30.5 Å². The summed E-state index contributed by atoms with van der Waals surface area (Å²) in [5.74, 6) is 2.27. The molecule has 0 radical (unpaired) electrons. The summed E-state index contributed by atoms with van der Waals surface area (Å²) in [7, 11) is -3.14. The van der Waals surface area contributed by atoms with Gasteiger partial charge < -0.3 is 5.32 Å². The number of aryl methyl sites for hydroxylation is 1. The summed E-state index contributed by atoms with van der Waals surface area (Å²) in [5.41, 5.74) is 0.870. The number of aromatic nitrogens is 3. The van der Waals surface area contributed by atoms with Crippen molar-refractivity contribution < 1.29 is 8.42 Å². The van der Waals surface area contributed by atoms with E-state index in [1.165, 1.54) is 0 Å². The highest BCUT2D eigenvalue weighted by Gasteiger charge is 2.32. The second kappa shape index (κ2) is 6.82. The van der Waals surface area contributed by atoms with E-state index in [0.717, 1.165) is 12.1 Å². The van der Waals surface area contributed by atoms with E-state index in [2.05, 4.69) is 20.3 Å². The van der Waals surface area contributed by atoms with Crippen LogP contribution in [0.3, 0.4) is 0 Å². The number of pyridine rings is 1. The van der Waals surface area contributed by atoms with Crippen molar-refractivity contribution in [3.63, 3.8) is 0 Å². The molecule has 24 heavy (non-hydrogen) atoms. The second-order valence-electron chi connectivity index (χ2n) is 5.81. The molecule has 1 aliphatic rings. The minimum absolute atomic E-state index is 0.0947. The molecule has 1 aliphatic heterocycles. The van der Waals surface area contributed by atoms with Crippen LogP contribution >= 0.6 is 0 Å². The number of sulfonamides is 1. The number of nitrogens with one attached hydrogen (secondary N) is 1. The van der Waals surface area contributed by atoms with Crippen molar-refractivity contribution in [2.45, 2.75) is 26.2 Å². The van der Waals surface area contributed by atoms with Crippen LogP contribution in [0, 0.1) is 6.92 Å². The number of rotatable bonds is 5. The molecule has 7 nitrogen and oxygen atoms in total. The molecule has 0 bridgehead atoms. The zero-order chi connectivity index (χ0) is 17.2. The molecular weight excluding hydrogens is 326 g/mol. The summed E-state index contributed by atoms with van der Waals surface area (Å²) in [5, 5.41) is 3.17. The maximum Gasteiger partial charge on any atom is 0.213 e. The van der Waals surface area contributed by atoms with Gasteiger partial charge in [-0.15, -0.1) is 0 Å². The fourth-order valence-corrected chi connectivity index (χ4v) is 3.99. The summed E-state index contributed by atoms with van der Waals surface area (Å²) in [6.07, 6.45) is 2.49. The molecule has 1 unspecified atom stereocenters. The normalized spacial score (nSPS) is 18.7. The van der Waals surface area contributed by atoms with E-state index >= 15 is 0 Å². The Morgan fingerprint density at radius 3 is 2.83 bits per heavy atom. The van der Waals surface area contributed by atoms with Gasteiger partial charge in [-0.05, 0) is 32.4 Å². The topological polar surface area (TPSA) is 88.1 Å². The molecule has 3 heterocycles. The molecule has 1 atom stereocenters. The molecule has 1 saturated heterocycles. The average Bonchev–Trinajstić information content (AvgIpc) is 3.06. The SMILES string of the molecule is CCS(=O)(=O)N1CCC(c2cc(Nc3ccccn3)nc(C)n2)C1. The van der Waals surface area contributed by atoms with Crippen molar-refractivity contribution in [2.24, 2.45) is 0 Å². The first-order valence-electron chi connectivity index (χ1n) is 7.99. The van der Waals surface area contributed by atoms with E-state index in [1.807, 2.05) is 31.2 Å². The Morgan fingerprint density at radius 1 is 1.29 bits per heavy atom. The van der Waals surface area contributed by atoms with Gasteiger partial charge in [0.1, 0.15) is 17.5 Å². The van der Waals surface area contributed by atoms with Crippen molar-refractivity contribution in [1.29, 1.82) is 0 Å². The van der Waals surface area contributed by atoms with Crippen molar-refractivity contribution in [3.8, 4) is 0 Å². The third-order valence-corrected chi connectivity index (χ3v) is 5.95. The Morgan fingerprint density at radius 2 is 2.12 bits per heavy atom. The first kappa shape index (κ1) is 16.8. The molecule has 3 rings (SSSR count). The summed E-state index contributed by atoms with van der Waals surface area (Å²) < 4.78 is 25.6. The third kappa shape index (κ3) is 3.70. The van der Waals surface area contributed by atoms with Crippen LogP contribution in [0.25, 0.3) is 0 Å². The molecule has 128 valence electrons. The molecule has 0 spiro atoms. The third-order valence-electron chi connectivity index (χ3n) is 4.11. The zero-order valence-corrected chi connectivity index (χ0v) is 14.6. The minimum Gasteiger partial charge on any atom is -0.325 e. The van der Waals surface area contributed by atoms with Crippen molar-refractivity contribution in [1.82, 2.24) is 19.3 Å². The predicted molar refractivity (Wildman–Crippen MR) is 92.7 cm³/mol. The number of anilines is 2. The molecule has 2 aromatic heterocycles. The minimum atomic E-state index is -3.14. The van der Waals surface area contributed by atoms with Gasteiger partial charge in [0.2, 0.25) is 10.0 Å². The largest absolute Gasteiger partial charge is 0.325 e. The Kier molecular flexibility index (Phi) is 4.77. The van der Waals surface area contributed by atoms with Gasteiger partial charge in [-0.3, -0.25) is 0 Å². The fraction of sp³-hybridized carbons (Fsp3) is 0.438. The molecule has 2 aromatic rings. The van der Waals surface area contributed by atoms with Gasteiger partial charge in [0.15, 0.2) is 0 Å². The lowest BCUT2D eigenvalue weighted by Crippen LogP contribution is -2.30. The Bertz CT molecular complexity index is 810. The molecule has 0 aliphatic carbocycles. The van der Waals surface area contributed by atoms with Crippen LogP contribution in [0.2, 0.25) is 0 Å².